The standard InChI is InChI=1S/C8H10N2O4S/c1-2-14-8(11)10-15(12,13)7-3-5-9-6-4-7/h3-6H,2H2,1H3,(H,10,11). The molecule has 1 N–H and O–H groups in total. The minimum Gasteiger partial charge on any atom is -0.449 e. The lowest BCUT2D eigenvalue weighted by molar-refractivity contribution is 0.158. The molecule has 1 amide bonds. The van der Waals surface area contributed by atoms with E-state index in [0.717, 1.165) is 0 Å². The highest BCUT2D eigenvalue weighted by molar-refractivity contribution is 7.90. The number of hydrogen-bond donors (Lipinski definition) is 1. The summed E-state index contributed by atoms with van der Waals surface area (Å²) in [5.74, 6) is 0. The third-order valence-electron chi connectivity index (χ3n) is 1.45. The Balaban J connectivity index is 2.81. The SMILES string of the molecule is CCOC(=O)NS(=O)(=O)c1ccncc1. The number of pyridine rings is 1. The highest BCUT2D eigenvalue weighted by Crippen LogP contribution is 2.05. The van der Waals surface area contributed by atoms with Crippen molar-refractivity contribution in [2.45, 2.75) is 11.8 Å². The van der Waals surface area contributed by atoms with Gasteiger partial charge in [-0.1, -0.05) is 0 Å². The molecular formula is C8H10N2O4S. The summed E-state index contributed by atoms with van der Waals surface area (Å²) >= 11 is 0. The molecule has 0 aromatic carbocycles. The minimum absolute atomic E-state index is 0.0365. The van der Waals surface area contributed by atoms with Crippen molar-refractivity contribution >= 4 is 16.1 Å². The topological polar surface area (TPSA) is 85.4 Å². The lowest BCUT2D eigenvalue weighted by atomic mass is 10.5. The van der Waals surface area contributed by atoms with Crippen LogP contribution in [0.1, 0.15) is 6.92 Å². The Morgan fingerprint density at radius 3 is 2.60 bits per heavy atom. The molecule has 0 atom stereocenters. The molecule has 1 rings (SSSR count). The predicted molar refractivity (Wildman–Crippen MR) is 51.6 cm³/mol. The van der Waals surface area contributed by atoms with E-state index in [0.29, 0.717) is 0 Å². The average molecular weight is 230 g/mol. The van der Waals surface area contributed by atoms with Crippen molar-refractivity contribution in [3.05, 3.63) is 24.5 Å². The Hall–Kier alpha value is -1.63. The van der Waals surface area contributed by atoms with Gasteiger partial charge in [-0.05, 0) is 19.1 Å². The Morgan fingerprint density at radius 2 is 2.07 bits per heavy atom. The monoisotopic (exact) mass is 230 g/mol. The van der Waals surface area contributed by atoms with Gasteiger partial charge in [0.25, 0.3) is 10.0 Å². The second-order valence-corrected chi connectivity index (χ2v) is 4.19. The molecule has 0 radical (unpaired) electrons. The number of aromatic nitrogens is 1. The fourth-order valence-electron chi connectivity index (χ4n) is 0.847. The number of rotatable bonds is 3. The van der Waals surface area contributed by atoms with Crippen molar-refractivity contribution in [2.75, 3.05) is 6.61 Å². The van der Waals surface area contributed by atoms with E-state index < -0.39 is 16.1 Å². The zero-order chi connectivity index (χ0) is 11.3. The normalized spacial score (nSPS) is 10.7. The molecule has 7 heteroatoms. The lowest BCUT2D eigenvalue weighted by Crippen LogP contribution is -2.31. The van der Waals surface area contributed by atoms with Crippen LogP contribution in [0.4, 0.5) is 4.79 Å². The van der Waals surface area contributed by atoms with Gasteiger partial charge in [-0.15, -0.1) is 0 Å². The van der Waals surface area contributed by atoms with Crippen molar-refractivity contribution in [3.63, 3.8) is 0 Å². The summed E-state index contributed by atoms with van der Waals surface area (Å²) in [5, 5.41) is 0. The van der Waals surface area contributed by atoms with Gasteiger partial charge in [-0.2, -0.15) is 0 Å². The van der Waals surface area contributed by atoms with E-state index >= 15 is 0 Å². The van der Waals surface area contributed by atoms with Crippen LogP contribution in [0, 0.1) is 0 Å². The molecule has 1 heterocycles. The molecule has 82 valence electrons. The van der Waals surface area contributed by atoms with Gasteiger partial charge in [0.05, 0.1) is 11.5 Å². The maximum atomic E-state index is 11.5. The largest absolute Gasteiger partial charge is 0.449 e. The van der Waals surface area contributed by atoms with Crippen LogP contribution in [0.15, 0.2) is 29.4 Å². The van der Waals surface area contributed by atoms with E-state index in [-0.39, 0.29) is 11.5 Å². The molecule has 0 saturated heterocycles. The number of amides is 1. The van der Waals surface area contributed by atoms with Crippen molar-refractivity contribution in [1.29, 1.82) is 0 Å². The maximum absolute atomic E-state index is 11.5. The first-order valence-corrected chi connectivity index (χ1v) is 5.64. The quantitative estimate of drug-likeness (QED) is 0.818. The molecule has 6 nitrogen and oxygen atoms in total. The lowest BCUT2D eigenvalue weighted by Gasteiger charge is -2.05. The van der Waals surface area contributed by atoms with E-state index in [4.69, 9.17) is 0 Å². The van der Waals surface area contributed by atoms with Crippen LogP contribution >= 0.6 is 0 Å². The maximum Gasteiger partial charge on any atom is 0.421 e. The number of carbonyl (C=O) groups is 1. The summed E-state index contributed by atoms with van der Waals surface area (Å²) in [6.07, 6.45) is 1.65. The van der Waals surface area contributed by atoms with Crippen LogP contribution in [0.25, 0.3) is 0 Å². The van der Waals surface area contributed by atoms with Gasteiger partial charge >= 0.3 is 6.09 Å². The highest BCUT2D eigenvalue weighted by Gasteiger charge is 2.17. The van der Waals surface area contributed by atoms with Crippen molar-refractivity contribution in [1.82, 2.24) is 9.71 Å². The second-order valence-electron chi connectivity index (χ2n) is 2.51. The summed E-state index contributed by atoms with van der Waals surface area (Å²) in [7, 11) is -3.85. The first kappa shape index (κ1) is 11.4. The van der Waals surface area contributed by atoms with Crippen LogP contribution < -0.4 is 4.72 Å². The molecule has 1 aromatic heterocycles. The number of ether oxygens (including phenoxy) is 1. The first-order chi connectivity index (χ1) is 7.06. The van der Waals surface area contributed by atoms with Gasteiger partial charge in [0.1, 0.15) is 0 Å². The predicted octanol–water partition coefficient (Wildman–Crippen LogP) is 0.516. The minimum atomic E-state index is -3.85. The first-order valence-electron chi connectivity index (χ1n) is 4.16. The molecule has 0 aliphatic rings. The third kappa shape index (κ3) is 3.21. The summed E-state index contributed by atoms with van der Waals surface area (Å²) in [6.45, 7) is 1.69. The number of carbonyl (C=O) groups excluding carboxylic acids is 1. The number of nitrogens with one attached hydrogen (secondary N) is 1. The van der Waals surface area contributed by atoms with E-state index in [1.165, 1.54) is 24.5 Å². The van der Waals surface area contributed by atoms with Gasteiger partial charge in [-0.3, -0.25) is 4.98 Å². The molecule has 0 spiro atoms. The molecule has 0 bridgehead atoms. The second kappa shape index (κ2) is 4.74. The summed E-state index contributed by atoms with van der Waals surface area (Å²) in [4.78, 5) is 14.5. The smallest absolute Gasteiger partial charge is 0.421 e. The van der Waals surface area contributed by atoms with Crippen LogP contribution in [0.5, 0.6) is 0 Å². The average Bonchev–Trinajstić information content (AvgIpc) is 2.18. The Morgan fingerprint density at radius 1 is 1.47 bits per heavy atom. The van der Waals surface area contributed by atoms with Crippen LogP contribution in [0.2, 0.25) is 0 Å². The fourth-order valence-corrected chi connectivity index (χ4v) is 1.72. The van der Waals surface area contributed by atoms with Gasteiger partial charge in [0.2, 0.25) is 0 Å². The van der Waals surface area contributed by atoms with Crippen molar-refractivity contribution in [2.24, 2.45) is 0 Å². The molecule has 0 saturated carbocycles. The Labute approximate surface area is 87.3 Å². The van der Waals surface area contributed by atoms with E-state index in [1.54, 1.807) is 11.6 Å². The summed E-state index contributed by atoms with van der Waals surface area (Å²) in [6, 6.07) is 2.56. The molecule has 0 aliphatic heterocycles. The third-order valence-corrected chi connectivity index (χ3v) is 2.78. The highest BCUT2D eigenvalue weighted by atomic mass is 32.2. The van der Waals surface area contributed by atoms with Crippen molar-refractivity contribution < 1.29 is 17.9 Å². The molecule has 0 aliphatic carbocycles. The van der Waals surface area contributed by atoms with Gasteiger partial charge in [-0.25, -0.2) is 17.9 Å². The summed E-state index contributed by atoms with van der Waals surface area (Å²) < 4.78 is 29.2. The van der Waals surface area contributed by atoms with E-state index in [1.807, 2.05) is 0 Å². The van der Waals surface area contributed by atoms with Gasteiger partial charge in [0, 0.05) is 12.4 Å². The number of nitrogens with zero attached hydrogens (tertiary/aromatic N) is 1. The molecule has 15 heavy (non-hydrogen) atoms. The number of hydrogen-bond acceptors (Lipinski definition) is 5. The molecule has 0 unspecified atom stereocenters. The van der Waals surface area contributed by atoms with Crippen LogP contribution in [-0.4, -0.2) is 26.1 Å². The zero-order valence-electron chi connectivity index (χ0n) is 8.00. The van der Waals surface area contributed by atoms with E-state index in [9.17, 15) is 13.2 Å². The zero-order valence-corrected chi connectivity index (χ0v) is 8.82. The Bertz CT molecular complexity index is 429. The summed E-state index contributed by atoms with van der Waals surface area (Å²) in [5.41, 5.74) is 0. The molecule has 0 fully saturated rings. The van der Waals surface area contributed by atoms with Crippen LogP contribution in [0.3, 0.4) is 0 Å². The van der Waals surface area contributed by atoms with Gasteiger partial charge in [0.15, 0.2) is 0 Å². The van der Waals surface area contributed by atoms with Crippen LogP contribution in [-0.2, 0) is 14.8 Å². The van der Waals surface area contributed by atoms with Gasteiger partial charge < -0.3 is 4.74 Å². The fraction of sp³-hybridized carbons (Fsp3) is 0.250. The molecule has 1 aromatic rings. The molecular weight excluding hydrogens is 220 g/mol. The Kier molecular flexibility index (Phi) is 3.62. The van der Waals surface area contributed by atoms with E-state index in [2.05, 4.69) is 9.72 Å². The van der Waals surface area contributed by atoms with Crippen molar-refractivity contribution in [3.8, 4) is 0 Å². The number of sulfonamides is 1.